The molecule has 0 saturated heterocycles. The Hall–Kier alpha value is -3.14. The Morgan fingerprint density at radius 1 is 1.22 bits per heavy atom. The Labute approximate surface area is 156 Å². The van der Waals surface area contributed by atoms with Gasteiger partial charge in [-0.1, -0.05) is 11.6 Å². The molecule has 0 aliphatic carbocycles. The second-order valence-corrected chi connectivity index (χ2v) is 5.88. The van der Waals surface area contributed by atoms with Gasteiger partial charge in [0.2, 0.25) is 0 Å². The molecule has 27 heavy (non-hydrogen) atoms. The summed E-state index contributed by atoms with van der Waals surface area (Å²) in [5.41, 5.74) is 4.83. The highest BCUT2D eigenvalue weighted by molar-refractivity contribution is 6.31. The topological polar surface area (TPSA) is 98.7 Å². The normalized spacial score (nSPS) is 11.4. The monoisotopic (exact) mass is 396 g/mol. The molecule has 11 heteroatoms. The number of benzene rings is 1. The quantitative estimate of drug-likeness (QED) is 0.706. The number of nitrogens with zero attached hydrogens (tertiary/aromatic N) is 4. The van der Waals surface area contributed by atoms with Gasteiger partial charge in [0, 0.05) is 10.6 Å². The highest BCUT2D eigenvalue weighted by atomic mass is 35.5. The third-order valence-corrected chi connectivity index (χ3v) is 3.72. The SMILES string of the molecule is Nc1ccc(-n2ncnc2CNC(=O)c2cc(Cl)cc(C(F)(F)F)c2)nc1. The van der Waals surface area contributed by atoms with Crippen LogP contribution in [0.15, 0.2) is 42.9 Å². The Balaban J connectivity index is 1.77. The minimum atomic E-state index is -4.61. The summed E-state index contributed by atoms with van der Waals surface area (Å²) in [5.74, 6) is 0.0228. The van der Waals surface area contributed by atoms with Gasteiger partial charge >= 0.3 is 6.18 Å². The van der Waals surface area contributed by atoms with E-state index in [-0.39, 0.29) is 17.1 Å². The third kappa shape index (κ3) is 4.34. The molecule has 0 unspecified atom stereocenters. The summed E-state index contributed by atoms with van der Waals surface area (Å²) in [7, 11) is 0. The summed E-state index contributed by atoms with van der Waals surface area (Å²) >= 11 is 5.69. The summed E-state index contributed by atoms with van der Waals surface area (Å²) in [6, 6.07) is 5.87. The predicted molar refractivity (Wildman–Crippen MR) is 91.2 cm³/mol. The zero-order valence-electron chi connectivity index (χ0n) is 13.5. The second kappa shape index (κ2) is 7.23. The Morgan fingerprint density at radius 3 is 2.67 bits per heavy atom. The molecule has 0 aliphatic heterocycles. The van der Waals surface area contributed by atoms with E-state index in [0.717, 1.165) is 18.2 Å². The van der Waals surface area contributed by atoms with Crippen LogP contribution in [0, 0.1) is 0 Å². The molecular weight excluding hydrogens is 385 g/mol. The maximum atomic E-state index is 12.9. The number of amides is 1. The summed E-state index contributed by atoms with van der Waals surface area (Å²) in [6.07, 6.45) is -1.91. The Morgan fingerprint density at radius 2 is 2.00 bits per heavy atom. The number of hydrogen-bond donors (Lipinski definition) is 2. The second-order valence-electron chi connectivity index (χ2n) is 5.45. The third-order valence-electron chi connectivity index (χ3n) is 3.50. The molecule has 2 aromatic heterocycles. The van der Waals surface area contributed by atoms with E-state index in [0.29, 0.717) is 17.3 Å². The van der Waals surface area contributed by atoms with Crippen molar-refractivity contribution in [1.29, 1.82) is 0 Å². The Kier molecular flexibility index (Phi) is 5.00. The number of alkyl halides is 3. The van der Waals surface area contributed by atoms with Crippen LogP contribution in [0.1, 0.15) is 21.7 Å². The molecule has 7 nitrogen and oxygen atoms in total. The largest absolute Gasteiger partial charge is 0.416 e. The highest BCUT2D eigenvalue weighted by Crippen LogP contribution is 2.31. The fraction of sp³-hybridized carbons (Fsp3) is 0.125. The molecule has 2 heterocycles. The molecule has 3 N–H and O–H groups in total. The predicted octanol–water partition coefficient (Wildman–Crippen LogP) is 2.85. The van der Waals surface area contributed by atoms with Crippen LogP contribution in [-0.4, -0.2) is 25.7 Å². The summed E-state index contributed by atoms with van der Waals surface area (Å²) in [5, 5.41) is 6.31. The first kappa shape index (κ1) is 18.6. The van der Waals surface area contributed by atoms with Crippen molar-refractivity contribution in [2.75, 3.05) is 5.73 Å². The van der Waals surface area contributed by atoms with Gasteiger partial charge in [0.05, 0.1) is 24.0 Å². The van der Waals surface area contributed by atoms with Crippen LogP contribution in [0.4, 0.5) is 18.9 Å². The molecule has 0 atom stereocenters. The van der Waals surface area contributed by atoms with Crippen molar-refractivity contribution in [3.8, 4) is 5.82 Å². The van der Waals surface area contributed by atoms with Gasteiger partial charge in [0.25, 0.3) is 5.91 Å². The van der Waals surface area contributed by atoms with Crippen LogP contribution in [0.2, 0.25) is 5.02 Å². The lowest BCUT2D eigenvalue weighted by Crippen LogP contribution is -2.25. The number of rotatable bonds is 4. The minimum Gasteiger partial charge on any atom is -0.397 e. The zero-order chi connectivity index (χ0) is 19.6. The van der Waals surface area contributed by atoms with E-state index in [1.807, 2.05) is 0 Å². The van der Waals surface area contributed by atoms with Crippen molar-refractivity contribution in [1.82, 2.24) is 25.1 Å². The van der Waals surface area contributed by atoms with Crippen molar-refractivity contribution in [2.45, 2.75) is 12.7 Å². The maximum Gasteiger partial charge on any atom is 0.416 e. The number of nitrogens with one attached hydrogen (secondary N) is 1. The summed E-state index contributed by atoms with van der Waals surface area (Å²) in [4.78, 5) is 20.3. The lowest BCUT2D eigenvalue weighted by molar-refractivity contribution is -0.137. The van der Waals surface area contributed by atoms with E-state index in [1.54, 1.807) is 12.1 Å². The molecule has 0 bridgehead atoms. The number of hydrogen-bond acceptors (Lipinski definition) is 5. The minimum absolute atomic E-state index is 0.0846. The smallest absolute Gasteiger partial charge is 0.397 e. The van der Waals surface area contributed by atoms with Gasteiger partial charge in [-0.3, -0.25) is 4.79 Å². The number of pyridine rings is 1. The molecule has 1 aromatic carbocycles. The number of nitrogen functional groups attached to an aromatic ring is 1. The van der Waals surface area contributed by atoms with E-state index in [4.69, 9.17) is 17.3 Å². The molecule has 0 fully saturated rings. The summed E-state index contributed by atoms with van der Waals surface area (Å²) in [6.45, 7) is -0.0846. The summed E-state index contributed by atoms with van der Waals surface area (Å²) < 4.78 is 40.0. The number of carbonyl (C=O) groups is 1. The molecule has 0 spiro atoms. The molecule has 3 rings (SSSR count). The van der Waals surface area contributed by atoms with Crippen molar-refractivity contribution < 1.29 is 18.0 Å². The number of anilines is 1. The number of nitrogens with two attached hydrogens (primary N) is 1. The van der Waals surface area contributed by atoms with Gasteiger partial charge < -0.3 is 11.1 Å². The van der Waals surface area contributed by atoms with Crippen LogP contribution < -0.4 is 11.1 Å². The van der Waals surface area contributed by atoms with Crippen molar-refractivity contribution >= 4 is 23.2 Å². The maximum absolute atomic E-state index is 12.9. The first-order valence-corrected chi connectivity index (χ1v) is 7.88. The lowest BCUT2D eigenvalue weighted by Gasteiger charge is -2.10. The molecule has 0 radical (unpaired) electrons. The fourth-order valence-electron chi connectivity index (χ4n) is 2.25. The molecule has 140 valence electrons. The lowest BCUT2D eigenvalue weighted by atomic mass is 10.1. The van der Waals surface area contributed by atoms with Gasteiger partial charge in [-0.25, -0.2) is 9.97 Å². The van der Waals surface area contributed by atoms with Crippen LogP contribution in [0.25, 0.3) is 5.82 Å². The van der Waals surface area contributed by atoms with Crippen molar-refractivity contribution in [3.05, 3.63) is 64.8 Å². The number of carbonyl (C=O) groups excluding carboxylic acids is 1. The van der Waals surface area contributed by atoms with Crippen LogP contribution in [0.5, 0.6) is 0 Å². The van der Waals surface area contributed by atoms with Crippen molar-refractivity contribution in [3.63, 3.8) is 0 Å². The standard InChI is InChI=1S/C16H12ClF3N6O/c17-11-4-9(3-10(5-11)16(18,19)20)15(27)23-7-14-24-8-25-26(14)13-2-1-12(21)6-22-13/h1-6,8H,7,21H2,(H,23,27). The fourth-order valence-corrected chi connectivity index (χ4v) is 2.48. The number of aromatic nitrogens is 4. The molecule has 1 amide bonds. The van der Waals surface area contributed by atoms with Gasteiger partial charge in [-0.15, -0.1) is 0 Å². The van der Waals surface area contributed by atoms with E-state index in [2.05, 4.69) is 20.4 Å². The van der Waals surface area contributed by atoms with Crippen LogP contribution in [-0.2, 0) is 12.7 Å². The van der Waals surface area contributed by atoms with E-state index >= 15 is 0 Å². The first-order chi connectivity index (χ1) is 12.7. The van der Waals surface area contributed by atoms with Gasteiger partial charge in [-0.05, 0) is 30.3 Å². The van der Waals surface area contributed by atoms with E-state index in [9.17, 15) is 18.0 Å². The van der Waals surface area contributed by atoms with Crippen molar-refractivity contribution in [2.24, 2.45) is 0 Å². The van der Waals surface area contributed by atoms with Crippen LogP contribution in [0.3, 0.4) is 0 Å². The molecule has 0 saturated carbocycles. The highest BCUT2D eigenvalue weighted by Gasteiger charge is 2.31. The molecular formula is C16H12ClF3N6O. The van der Waals surface area contributed by atoms with E-state index < -0.39 is 17.6 Å². The van der Waals surface area contributed by atoms with Gasteiger partial charge in [0.15, 0.2) is 11.6 Å². The average molecular weight is 397 g/mol. The van der Waals surface area contributed by atoms with E-state index in [1.165, 1.54) is 17.2 Å². The Bertz CT molecular complexity index is 971. The van der Waals surface area contributed by atoms with Crippen LogP contribution >= 0.6 is 11.6 Å². The average Bonchev–Trinajstić information content (AvgIpc) is 3.07. The van der Waals surface area contributed by atoms with Gasteiger partial charge in [0.1, 0.15) is 6.33 Å². The zero-order valence-corrected chi connectivity index (χ0v) is 14.3. The number of halogens is 4. The first-order valence-electron chi connectivity index (χ1n) is 7.51. The van der Waals surface area contributed by atoms with Gasteiger partial charge in [-0.2, -0.15) is 23.0 Å². The molecule has 3 aromatic rings. The molecule has 0 aliphatic rings.